The van der Waals surface area contributed by atoms with Crippen molar-refractivity contribution in [1.29, 1.82) is 0 Å². The molecule has 108 valence electrons. The van der Waals surface area contributed by atoms with Crippen LogP contribution in [0.25, 0.3) is 0 Å². The number of hydrogen-bond acceptors (Lipinski definition) is 2. The lowest BCUT2D eigenvalue weighted by molar-refractivity contribution is 0.263. The second-order valence-corrected chi connectivity index (χ2v) is 6.52. The normalized spacial score (nSPS) is 16.7. The maximum atomic E-state index is 4.67. The van der Waals surface area contributed by atoms with E-state index in [9.17, 15) is 0 Å². The van der Waals surface area contributed by atoms with Crippen molar-refractivity contribution in [2.75, 3.05) is 13.6 Å². The minimum absolute atomic E-state index is 0.910. The van der Waals surface area contributed by atoms with E-state index < -0.39 is 0 Å². The Morgan fingerprint density at radius 3 is 2.58 bits per heavy atom. The summed E-state index contributed by atoms with van der Waals surface area (Å²) in [4.78, 5) is 2.46. The van der Waals surface area contributed by atoms with Gasteiger partial charge >= 0.3 is 0 Å². The van der Waals surface area contributed by atoms with Gasteiger partial charge in [0.25, 0.3) is 0 Å². The topological polar surface area (TPSA) is 21.1 Å². The number of halogens is 1. The molecule has 2 rings (SSSR count). The standard InChI is InChI=1S/C15H26BrN3/c1-4-13-15(16)14(19(5-2)17-13)11-18(3)10-12-8-6-7-9-12/h12H,4-11H2,1-3H3. The van der Waals surface area contributed by atoms with Crippen LogP contribution in [0.4, 0.5) is 0 Å². The van der Waals surface area contributed by atoms with Crippen LogP contribution in [-0.2, 0) is 19.5 Å². The maximum absolute atomic E-state index is 4.67. The highest BCUT2D eigenvalue weighted by Crippen LogP contribution is 2.27. The summed E-state index contributed by atoms with van der Waals surface area (Å²) in [5, 5.41) is 4.67. The van der Waals surface area contributed by atoms with Crippen LogP contribution in [0.3, 0.4) is 0 Å². The molecule has 19 heavy (non-hydrogen) atoms. The molecular weight excluding hydrogens is 302 g/mol. The fraction of sp³-hybridized carbons (Fsp3) is 0.800. The second kappa shape index (κ2) is 6.89. The van der Waals surface area contributed by atoms with Crippen LogP contribution in [0.15, 0.2) is 4.47 Å². The van der Waals surface area contributed by atoms with Crippen molar-refractivity contribution in [2.45, 2.75) is 59.0 Å². The van der Waals surface area contributed by atoms with Gasteiger partial charge < -0.3 is 4.90 Å². The molecule has 0 bridgehead atoms. The molecule has 0 radical (unpaired) electrons. The van der Waals surface area contributed by atoms with Crippen LogP contribution in [0.5, 0.6) is 0 Å². The first-order chi connectivity index (χ1) is 9.15. The Hall–Kier alpha value is -0.350. The molecule has 1 aromatic rings. The average Bonchev–Trinajstić information content (AvgIpc) is 2.99. The molecule has 1 aromatic heterocycles. The lowest BCUT2D eigenvalue weighted by Crippen LogP contribution is -2.25. The average molecular weight is 328 g/mol. The van der Waals surface area contributed by atoms with Gasteiger partial charge in [-0.2, -0.15) is 5.10 Å². The van der Waals surface area contributed by atoms with Crippen LogP contribution in [0, 0.1) is 5.92 Å². The molecule has 0 N–H and O–H groups in total. The SMILES string of the molecule is CCc1nn(CC)c(CN(C)CC2CCCC2)c1Br. The zero-order chi connectivity index (χ0) is 13.8. The van der Waals surface area contributed by atoms with E-state index in [0.717, 1.165) is 25.4 Å². The van der Waals surface area contributed by atoms with E-state index >= 15 is 0 Å². The van der Waals surface area contributed by atoms with E-state index in [1.165, 1.54) is 48.1 Å². The Balaban J connectivity index is 2.02. The summed E-state index contributed by atoms with van der Waals surface area (Å²) in [5.41, 5.74) is 2.52. The molecule has 1 heterocycles. The second-order valence-electron chi connectivity index (χ2n) is 5.72. The zero-order valence-corrected chi connectivity index (χ0v) is 14.0. The van der Waals surface area contributed by atoms with Gasteiger partial charge in [0.15, 0.2) is 0 Å². The molecule has 0 aliphatic heterocycles. The van der Waals surface area contributed by atoms with Crippen LogP contribution >= 0.6 is 15.9 Å². The van der Waals surface area contributed by atoms with Crippen molar-refractivity contribution in [3.05, 3.63) is 15.9 Å². The van der Waals surface area contributed by atoms with Gasteiger partial charge in [-0.25, -0.2) is 0 Å². The van der Waals surface area contributed by atoms with Crippen LogP contribution < -0.4 is 0 Å². The van der Waals surface area contributed by atoms with Crippen LogP contribution in [0.2, 0.25) is 0 Å². The van der Waals surface area contributed by atoms with Crippen molar-refractivity contribution in [1.82, 2.24) is 14.7 Å². The number of aromatic nitrogens is 2. The van der Waals surface area contributed by atoms with Gasteiger partial charge in [0.05, 0.1) is 15.9 Å². The first-order valence-electron chi connectivity index (χ1n) is 7.58. The third-order valence-corrected chi connectivity index (χ3v) is 5.07. The van der Waals surface area contributed by atoms with Crippen molar-refractivity contribution in [2.24, 2.45) is 5.92 Å². The highest BCUT2D eigenvalue weighted by atomic mass is 79.9. The minimum Gasteiger partial charge on any atom is -0.300 e. The predicted molar refractivity (Wildman–Crippen MR) is 83.3 cm³/mol. The number of rotatable bonds is 6. The minimum atomic E-state index is 0.910. The van der Waals surface area contributed by atoms with Gasteiger partial charge in [-0.1, -0.05) is 19.8 Å². The van der Waals surface area contributed by atoms with Gasteiger partial charge in [-0.3, -0.25) is 4.68 Å². The predicted octanol–water partition coefficient (Wildman–Crippen LogP) is 3.85. The van der Waals surface area contributed by atoms with Gasteiger partial charge in [0.1, 0.15) is 0 Å². The molecule has 0 aromatic carbocycles. The first-order valence-corrected chi connectivity index (χ1v) is 8.37. The lowest BCUT2D eigenvalue weighted by Gasteiger charge is -2.21. The summed E-state index contributed by atoms with van der Waals surface area (Å²) < 4.78 is 3.36. The summed E-state index contributed by atoms with van der Waals surface area (Å²) in [6.07, 6.45) is 6.68. The van der Waals surface area contributed by atoms with E-state index in [0.29, 0.717) is 0 Å². The van der Waals surface area contributed by atoms with Crippen LogP contribution in [0.1, 0.15) is 50.9 Å². The molecule has 0 saturated heterocycles. The number of aryl methyl sites for hydroxylation is 2. The monoisotopic (exact) mass is 327 g/mol. The third kappa shape index (κ3) is 3.60. The molecule has 1 aliphatic carbocycles. The lowest BCUT2D eigenvalue weighted by atomic mass is 10.1. The Morgan fingerprint density at radius 2 is 2.00 bits per heavy atom. The van der Waals surface area contributed by atoms with E-state index in [1.807, 2.05) is 0 Å². The molecule has 1 saturated carbocycles. The summed E-state index contributed by atoms with van der Waals surface area (Å²) >= 11 is 3.73. The Bertz CT molecular complexity index is 408. The Labute approximate surface area is 125 Å². The Morgan fingerprint density at radius 1 is 1.32 bits per heavy atom. The molecule has 0 spiro atoms. The number of nitrogens with zero attached hydrogens (tertiary/aromatic N) is 3. The van der Waals surface area contributed by atoms with Crippen LogP contribution in [-0.4, -0.2) is 28.3 Å². The van der Waals surface area contributed by atoms with Gasteiger partial charge in [-0.15, -0.1) is 0 Å². The summed E-state index contributed by atoms with van der Waals surface area (Å²) in [7, 11) is 2.24. The molecule has 3 nitrogen and oxygen atoms in total. The van der Waals surface area contributed by atoms with Gasteiger partial charge in [-0.05, 0) is 55.1 Å². The highest BCUT2D eigenvalue weighted by Gasteiger charge is 2.19. The van der Waals surface area contributed by atoms with Gasteiger partial charge in [0, 0.05) is 19.6 Å². The van der Waals surface area contributed by atoms with E-state index in [1.54, 1.807) is 0 Å². The first kappa shape index (κ1) is 15.0. The van der Waals surface area contributed by atoms with Crippen molar-refractivity contribution >= 4 is 15.9 Å². The third-order valence-electron chi connectivity index (χ3n) is 4.16. The molecule has 0 unspecified atom stereocenters. The molecule has 0 amide bonds. The highest BCUT2D eigenvalue weighted by molar-refractivity contribution is 9.10. The fourth-order valence-electron chi connectivity index (χ4n) is 3.12. The van der Waals surface area contributed by atoms with E-state index in [-0.39, 0.29) is 0 Å². The van der Waals surface area contributed by atoms with Crippen molar-refractivity contribution in [3.8, 4) is 0 Å². The quantitative estimate of drug-likeness (QED) is 0.791. The Kier molecular flexibility index (Phi) is 5.46. The fourth-order valence-corrected chi connectivity index (χ4v) is 3.81. The maximum Gasteiger partial charge on any atom is 0.0767 e. The summed E-state index contributed by atoms with van der Waals surface area (Å²) in [5.74, 6) is 0.910. The summed E-state index contributed by atoms with van der Waals surface area (Å²) in [6.45, 7) is 7.50. The largest absolute Gasteiger partial charge is 0.300 e. The number of hydrogen-bond donors (Lipinski definition) is 0. The van der Waals surface area contributed by atoms with E-state index in [2.05, 4.69) is 51.5 Å². The van der Waals surface area contributed by atoms with Crippen molar-refractivity contribution in [3.63, 3.8) is 0 Å². The smallest absolute Gasteiger partial charge is 0.0767 e. The molecule has 0 atom stereocenters. The van der Waals surface area contributed by atoms with Gasteiger partial charge in [0.2, 0.25) is 0 Å². The van der Waals surface area contributed by atoms with Crippen molar-refractivity contribution < 1.29 is 0 Å². The molecule has 1 fully saturated rings. The van der Waals surface area contributed by atoms with E-state index in [4.69, 9.17) is 0 Å². The molecular formula is C15H26BrN3. The zero-order valence-electron chi connectivity index (χ0n) is 12.5. The summed E-state index contributed by atoms with van der Waals surface area (Å²) in [6, 6.07) is 0. The molecule has 4 heteroatoms. The molecule has 1 aliphatic rings.